The monoisotopic (exact) mass is 331 g/mol. The summed E-state index contributed by atoms with van der Waals surface area (Å²) in [6.45, 7) is 0. The summed E-state index contributed by atoms with van der Waals surface area (Å²) in [5, 5.41) is -1.12. The first-order chi connectivity index (χ1) is 9.80. The fraction of sp³-hybridized carbons (Fsp3) is 0.231. The lowest BCUT2D eigenvalue weighted by molar-refractivity contribution is -0.162. The van der Waals surface area contributed by atoms with Crippen LogP contribution in [-0.4, -0.2) is 0 Å². The molecule has 0 saturated carbocycles. The average Bonchev–Trinajstić information content (AvgIpc) is 2.33. The Morgan fingerprint density at radius 3 is 1.73 bits per heavy atom. The van der Waals surface area contributed by atoms with Crippen LogP contribution >= 0.6 is 0 Å². The van der Waals surface area contributed by atoms with E-state index in [1.54, 1.807) is 0 Å². The van der Waals surface area contributed by atoms with Gasteiger partial charge in [-0.1, -0.05) is 6.07 Å². The third-order valence-corrected chi connectivity index (χ3v) is 2.80. The Labute approximate surface area is 117 Å². The summed E-state index contributed by atoms with van der Waals surface area (Å²) >= 11 is 0. The molecule has 0 aromatic heterocycles. The van der Waals surface area contributed by atoms with Gasteiger partial charge in [0.15, 0.2) is 0 Å². The van der Waals surface area contributed by atoms with Crippen LogP contribution < -0.4 is 0 Å². The van der Waals surface area contributed by atoms with E-state index in [1.807, 2.05) is 0 Å². The van der Waals surface area contributed by atoms with Crippen LogP contribution in [0.5, 0.6) is 0 Å². The molecule has 0 aliphatic heterocycles. The Balaban J connectivity index is 2.79. The van der Waals surface area contributed by atoms with Gasteiger partial charge in [0.1, 0.15) is 0 Å². The van der Waals surface area contributed by atoms with Gasteiger partial charge in [0.05, 0.1) is 16.7 Å². The van der Waals surface area contributed by atoms with E-state index in [0.29, 0.717) is 18.2 Å². The fourth-order valence-electron chi connectivity index (χ4n) is 1.85. The van der Waals surface area contributed by atoms with Crippen LogP contribution in [-0.2, 0) is 18.5 Å². The van der Waals surface area contributed by atoms with Crippen molar-refractivity contribution >= 4 is 10.8 Å². The van der Waals surface area contributed by atoms with E-state index in [2.05, 4.69) is 0 Å². The molecule has 2 aromatic rings. The minimum absolute atomic E-state index is 0.0455. The standard InChI is InChI=1S/C13H4F9/c14-11(15,16)8-2-1-6-4-9(12(17,18)19)10(13(20,21)22)5-7(6)3-8/h1-3,5H. The van der Waals surface area contributed by atoms with Crippen LogP contribution in [0.4, 0.5) is 39.5 Å². The van der Waals surface area contributed by atoms with Gasteiger partial charge in [-0.25, -0.2) is 0 Å². The van der Waals surface area contributed by atoms with E-state index in [-0.39, 0.29) is 6.07 Å². The summed E-state index contributed by atoms with van der Waals surface area (Å²) < 4.78 is 114. The number of hydrogen-bond acceptors (Lipinski definition) is 0. The van der Waals surface area contributed by atoms with Gasteiger partial charge in [0, 0.05) is 6.07 Å². The molecule has 119 valence electrons. The van der Waals surface area contributed by atoms with Gasteiger partial charge < -0.3 is 0 Å². The molecular weight excluding hydrogens is 327 g/mol. The zero-order chi connectivity index (χ0) is 16.9. The van der Waals surface area contributed by atoms with Crippen molar-refractivity contribution in [2.24, 2.45) is 0 Å². The molecule has 9 heteroatoms. The van der Waals surface area contributed by atoms with Crippen molar-refractivity contribution in [2.45, 2.75) is 18.5 Å². The maximum atomic E-state index is 12.7. The predicted octanol–water partition coefficient (Wildman–Crippen LogP) is 5.70. The van der Waals surface area contributed by atoms with Crippen LogP contribution in [0.15, 0.2) is 24.3 Å². The molecule has 2 rings (SSSR count). The molecule has 0 unspecified atom stereocenters. The summed E-state index contributed by atoms with van der Waals surface area (Å²) in [6, 6.07) is 3.03. The zero-order valence-electron chi connectivity index (χ0n) is 10.2. The van der Waals surface area contributed by atoms with E-state index in [9.17, 15) is 39.5 Å². The summed E-state index contributed by atoms with van der Waals surface area (Å²) in [5.74, 6) is 0. The highest BCUT2D eigenvalue weighted by atomic mass is 19.4. The quantitative estimate of drug-likeness (QED) is 0.544. The molecule has 0 aliphatic rings. The molecule has 0 spiro atoms. The number of rotatable bonds is 0. The van der Waals surface area contributed by atoms with E-state index in [0.717, 1.165) is 0 Å². The molecule has 0 atom stereocenters. The van der Waals surface area contributed by atoms with Crippen LogP contribution in [0.2, 0.25) is 0 Å². The summed E-state index contributed by atoms with van der Waals surface area (Å²) in [5.41, 5.74) is -5.40. The maximum absolute atomic E-state index is 12.7. The first kappa shape index (κ1) is 16.4. The van der Waals surface area contributed by atoms with Gasteiger partial charge in [0.2, 0.25) is 0 Å². The Morgan fingerprint density at radius 2 is 1.27 bits per heavy atom. The van der Waals surface area contributed by atoms with E-state index < -0.39 is 46.0 Å². The Kier molecular flexibility index (Phi) is 3.58. The SMILES string of the molecule is FC(F)(F)c1ccc2[c]c(C(F)(F)F)c(C(F)(F)F)cc2c1. The number of alkyl halides is 9. The molecule has 0 nitrogen and oxygen atoms in total. The van der Waals surface area contributed by atoms with Crippen molar-refractivity contribution in [2.75, 3.05) is 0 Å². The Hall–Kier alpha value is -1.93. The molecule has 1 radical (unpaired) electrons. The molecule has 0 heterocycles. The molecule has 2 aromatic carbocycles. The number of benzene rings is 2. The maximum Gasteiger partial charge on any atom is 0.417 e. The van der Waals surface area contributed by atoms with Gasteiger partial charge >= 0.3 is 18.5 Å². The third-order valence-electron chi connectivity index (χ3n) is 2.80. The average molecular weight is 331 g/mol. The fourth-order valence-corrected chi connectivity index (χ4v) is 1.85. The number of halogens is 9. The van der Waals surface area contributed by atoms with Crippen LogP contribution in [0.25, 0.3) is 10.8 Å². The summed E-state index contributed by atoms with van der Waals surface area (Å²) in [7, 11) is 0. The predicted molar refractivity (Wildman–Crippen MR) is 57.8 cm³/mol. The van der Waals surface area contributed by atoms with Crippen molar-refractivity contribution in [3.63, 3.8) is 0 Å². The van der Waals surface area contributed by atoms with Gasteiger partial charge in [-0.2, -0.15) is 39.5 Å². The summed E-state index contributed by atoms with van der Waals surface area (Å²) in [6.07, 6.45) is -15.5. The second-order valence-corrected chi connectivity index (χ2v) is 4.35. The molecule has 0 N–H and O–H groups in total. The second-order valence-electron chi connectivity index (χ2n) is 4.35. The third kappa shape index (κ3) is 3.12. The van der Waals surface area contributed by atoms with Crippen molar-refractivity contribution in [3.05, 3.63) is 47.0 Å². The number of fused-ring (bicyclic) bond motifs is 1. The second kappa shape index (κ2) is 4.79. The van der Waals surface area contributed by atoms with Crippen LogP contribution in [0.3, 0.4) is 0 Å². The van der Waals surface area contributed by atoms with Gasteiger partial charge in [-0.05, 0) is 29.0 Å². The smallest absolute Gasteiger partial charge is 0.166 e. The van der Waals surface area contributed by atoms with E-state index >= 15 is 0 Å². The molecule has 0 aliphatic carbocycles. The normalized spacial score (nSPS) is 13.7. The largest absolute Gasteiger partial charge is 0.417 e. The zero-order valence-corrected chi connectivity index (χ0v) is 10.2. The minimum atomic E-state index is -5.37. The van der Waals surface area contributed by atoms with E-state index in [4.69, 9.17) is 0 Å². The number of hydrogen-bond donors (Lipinski definition) is 0. The van der Waals surface area contributed by atoms with Crippen molar-refractivity contribution < 1.29 is 39.5 Å². The lowest BCUT2D eigenvalue weighted by atomic mass is 9.98. The molecule has 0 amide bonds. The molecule has 0 saturated heterocycles. The first-order valence-electron chi connectivity index (χ1n) is 5.52. The van der Waals surface area contributed by atoms with Crippen LogP contribution in [0.1, 0.15) is 16.7 Å². The van der Waals surface area contributed by atoms with Crippen molar-refractivity contribution in [3.8, 4) is 0 Å². The first-order valence-corrected chi connectivity index (χ1v) is 5.52. The summed E-state index contributed by atoms with van der Waals surface area (Å²) in [4.78, 5) is 0. The van der Waals surface area contributed by atoms with Gasteiger partial charge in [0.25, 0.3) is 0 Å². The lowest BCUT2D eigenvalue weighted by Crippen LogP contribution is -2.16. The molecule has 22 heavy (non-hydrogen) atoms. The highest BCUT2D eigenvalue weighted by Crippen LogP contribution is 2.42. The van der Waals surface area contributed by atoms with Crippen molar-refractivity contribution in [1.29, 1.82) is 0 Å². The topological polar surface area (TPSA) is 0 Å². The molecular formula is C13H4F9. The van der Waals surface area contributed by atoms with E-state index in [1.165, 1.54) is 6.07 Å². The van der Waals surface area contributed by atoms with Crippen LogP contribution in [0, 0.1) is 6.07 Å². The Morgan fingerprint density at radius 1 is 0.682 bits per heavy atom. The highest BCUT2D eigenvalue weighted by Gasteiger charge is 2.43. The van der Waals surface area contributed by atoms with Crippen molar-refractivity contribution in [1.82, 2.24) is 0 Å². The minimum Gasteiger partial charge on any atom is -0.166 e. The Bertz CT molecular complexity index is 704. The lowest BCUT2D eigenvalue weighted by Gasteiger charge is -2.16. The van der Waals surface area contributed by atoms with Gasteiger partial charge in [-0.15, -0.1) is 0 Å². The molecule has 0 bridgehead atoms. The highest BCUT2D eigenvalue weighted by molar-refractivity contribution is 5.84. The molecule has 0 fully saturated rings. The van der Waals surface area contributed by atoms with Gasteiger partial charge in [-0.3, -0.25) is 0 Å².